The third-order valence-electron chi connectivity index (χ3n) is 2.36. The van der Waals surface area contributed by atoms with Crippen LogP contribution in [0.15, 0.2) is 12.2 Å². The smallest absolute Gasteiger partial charge is 0.00703 e. The van der Waals surface area contributed by atoms with E-state index in [1.807, 2.05) is 11.8 Å². The van der Waals surface area contributed by atoms with Crippen molar-refractivity contribution in [3.05, 3.63) is 12.2 Å². The lowest BCUT2D eigenvalue weighted by Crippen LogP contribution is -1.79. The Balaban J connectivity index is 2.96. The van der Waals surface area contributed by atoms with Gasteiger partial charge >= 0.3 is 0 Å². The standard InChI is InChI=1S/C13H26S/c1-3-4-5-6-7-8-9-10-11-12-13-14-2/h7-8H,3-6,9-13H2,1-2H3/b8-7-. The fraction of sp³-hybridized carbons (Fsp3) is 0.846. The van der Waals surface area contributed by atoms with Crippen LogP contribution in [0.2, 0.25) is 0 Å². The van der Waals surface area contributed by atoms with Gasteiger partial charge in [-0.05, 0) is 44.1 Å². The van der Waals surface area contributed by atoms with E-state index in [4.69, 9.17) is 0 Å². The van der Waals surface area contributed by atoms with Crippen LogP contribution in [-0.2, 0) is 0 Å². The van der Waals surface area contributed by atoms with Gasteiger partial charge in [-0.25, -0.2) is 0 Å². The normalized spacial score (nSPS) is 11.3. The molecule has 0 saturated heterocycles. The Hall–Kier alpha value is 0.0900. The first-order chi connectivity index (χ1) is 6.91. The summed E-state index contributed by atoms with van der Waals surface area (Å²) in [6, 6.07) is 0. The molecule has 0 atom stereocenters. The van der Waals surface area contributed by atoms with Gasteiger partial charge in [-0.1, -0.05) is 38.3 Å². The quantitative estimate of drug-likeness (QED) is 0.362. The summed E-state index contributed by atoms with van der Waals surface area (Å²) in [5.74, 6) is 1.33. The maximum absolute atomic E-state index is 2.37. The zero-order valence-electron chi connectivity index (χ0n) is 9.93. The second kappa shape index (κ2) is 13.1. The molecule has 0 spiro atoms. The molecule has 0 heterocycles. The highest BCUT2D eigenvalue weighted by Crippen LogP contribution is 2.06. The highest BCUT2D eigenvalue weighted by Gasteiger charge is 1.86. The van der Waals surface area contributed by atoms with E-state index in [9.17, 15) is 0 Å². The molecular weight excluding hydrogens is 188 g/mol. The summed E-state index contributed by atoms with van der Waals surface area (Å²) in [5.41, 5.74) is 0. The zero-order chi connectivity index (χ0) is 10.5. The molecule has 84 valence electrons. The third kappa shape index (κ3) is 12.1. The van der Waals surface area contributed by atoms with Crippen LogP contribution in [0.5, 0.6) is 0 Å². The van der Waals surface area contributed by atoms with Crippen molar-refractivity contribution in [2.75, 3.05) is 12.0 Å². The molecule has 0 radical (unpaired) electrons. The summed E-state index contributed by atoms with van der Waals surface area (Å²) in [5, 5.41) is 0. The molecule has 0 aromatic heterocycles. The van der Waals surface area contributed by atoms with Gasteiger partial charge in [-0.3, -0.25) is 0 Å². The van der Waals surface area contributed by atoms with Crippen LogP contribution in [0.1, 0.15) is 58.3 Å². The maximum Gasteiger partial charge on any atom is -0.00703 e. The van der Waals surface area contributed by atoms with Gasteiger partial charge in [0.25, 0.3) is 0 Å². The first-order valence-corrected chi connectivity index (χ1v) is 7.45. The second-order valence-corrected chi connectivity index (χ2v) is 4.79. The maximum atomic E-state index is 2.37. The van der Waals surface area contributed by atoms with Gasteiger partial charge in [0.2, 0.25) is 0 Å². The molecule has 0 aliphatic rings. The van der Waals surface area contributed by atoms with Crippen LogP contribution in [0.3, 0.4) is 0 Å². The van der Waals surface area contributed by atoms with Gasteiger partial charge in [-0.2, -0.15) is 11.8 Å². The number of hydrogen-bond acceptors (Lipinski definition) is 1. The minimum Gasteiger partial charge on any atom is -0.165 e. The molecule has 0 unspecified atom stereocenters. The van der Waals surface area contributed by atoms with Crippen LogP contribution < -0.4 is 0 Å². The Morgan fingerprint density at radius 3 is 2.07 bits per heavy atom. The molecule has 0 amide bonds. The van der Waals surface area contributed by atoms with Crippen molar-refractivity contribution in [1.82, 2.24) is 0 Å². The largest absolute Gasteiger partial charge is 0.165 e. The summed E-state index contributed by atoms with van der Waals surface area (Å²) in [6.45, 7) is 2.26. The van der Waals surface area contributed by atoms with Gasteiger partial charge in [0.1, 0.15) is 0 Å². The van der Waals surface area contributed by atoms with E-state index >= 15 is 0 Å². The van der Waals surface area contributed by atoms with Gasteiger partial charge in [0.05, 0.1) is 0 Å². The highest BCUT2D eigenvalue weighted by atomic mass is 32.2. The van der Waals surface area contributed by atoms with Crippen molar-refractivity contribution in [3.8, 4) is 0 Å². The Bertz CT molecular complexity index is 118. The van der Waals surface area contributed by atoms with E-state index < -0.39 is 0 Å². The number of hydrogen-bond donors (Lipinski definition) is 0. The molecule has 0 bridgehead atoms. The number of unbranched alkanes of at least 4 members (excludes halogenated alkanes) is 6. The number of allylic oxidation sites excluding steroid dienone is 2. The number of rotatable bonds is 10. The molecule has 0 aromatic carbocycles. The van der Waals surface area contributed by atoms with E-state index in [1.54, 1.807) is 0 Å². The van der Waals surface area contributed by atoms with Crippen LogP contribution in [0.25, 0.3) is 0 Å². The molecule has 0 N–H and O–H groups in total. The summed E-state index contributed by atoms with van der Waals surface area (Å²) >= 11 is 1.96. The summed E-state index contributed by atoms with van der Waals surface area (Å²) in [4.78, 5) is 0. The van der Waals surface area contributed by atoms with Gasteiger partial charge in [0.15, 0.2) is 0 Å². The van der Waals surface area contributed by atoms with E-state index in [0.717, 1.165) is 0 Å². The molecule has 1 heteroatoms. The molecule has 0 aliphatic carbocycles. The predicted molar refractivity (Wildman–Crippen MR) is 70.1 cm³/mol. The van der Waals surface area contributed by atoms with Gasteiger partial charge < -0.3 is 0 Å². The van der Waals surface area contributed by atoms with Crippen molar-refractivity contribution < 1.29 is 0 Å². The Morgan fingerprint density at radius 2 is 1.50 bits per heavy atom. The van der Waals surface area contributed by atoms with Crippen LogP contribution >= 0.6 is 11.8 Å². The lowest BCUT2D eigenvalue weighted by Gasteiger charge is -1.96. The Kier molecular flexibility index (Phi) is 13.2. The fourth-order valence-corrected chi connectivity index (χ4v) is 1.93. The lowest BCUT2D eigenvalue weighted by molar-refractivity contribution is 0.718. The summed E-state index contributed by atoms with van der Waals surface area (Å²) < 4.78 is 0. The van der Waals surface area contributed by atoms with E-state index in [1.165, 1.54) is 57.1 Å². The SMILES string of the molecule is CCCCC/C=C\CCCCCSC. The topological polar surface area (TPSA) is 0 Å². The lowest BCUT2D eigenvalue weighted by atomic mass is 10.1. The molecule has 0 nitrogen and oxygen atoms in total. The highest BCUT2D eigenvalue weighted by molar-refractivity contribution is 7.98. The molecule has 14 heavy (non-hydrogen) atoms. The average molecular weight is 214 g/mol. The van der Waals surface area contributed by atoms with Crippen LogP contribution in [0.4, 0.5) is 0 Å². The van der Waals surface area contributed by atoms with Crippen LogP contribution in [-0.4, -0.2) is 12.0 Å². The Morgan fingerprint density at radius 1 is 0.857 bits per heavy atom. The van der Waals surface area contributed by atoms with Crippen molar-refractivity contribution in [1.29, 1.82) is 0 Å². The molecule has 0 rings (SSSR count). The molecule has 0 fully saturated rings. The van der Waals surface area contributed by atoms with Gasteiger partial charge in [-0.15, -0.1) is 0 Å². The fourth-order valence-electron chi connectivity index (χ4n) is 1.43. The minimum absolute atomic E-state index is 1.29. The first-order valence-electron chi connectivity index (χ1n) is 6.05. The van der Waals surface area contributed by atoms with Crippen molar-refractivity contribution in [2.24, 2.45) is 0 Å². The summed E-state index contributed by atoms with van der Waals surface area (Å²) in [7, 11) is 0. The summed E-state index contributed by atoms with van der Waals surface area (Å²) in [6.07, 6.45) is 17.8. The minimum atomic E-state index is 1.29. The van der Waals surface area contributed by atoms with Crippen molar-refractivity contribution >= 4 is 11.8 Å². The average Bonchev–Trinajstić information content (AvgIpc) is 2.21. The molecule has 0 aliphatic heterocycles. The van der Waals surface area contributed by atoms with E-state index in [-0.39, 0.29) is 0 Å². The Labute approximate surface area is 94.6 Å². The molecule has 0 aromatic rings. The van der Waals surface area contributed by atoms with Crippen molar-refractivity contribution in [3.63, 3.8) is 0 Å². The van der Waals surface area contributed by atoms with Crippen molar-refractivity contribution in [2.45, 2.75) is 58.3 Å². The molecule has 0 saturated carbocycles. The van der Waals surface area contributed by atoms with E-state index in [0.29, 0.717) is 0 Å². The van der Waals surface area contributed by atoms with Crippen LogP contribution in [0, 0.1) is 0 Å². The number of thioether (sulfide) groups is 1. The van der Waals surface area contributed by atoms with E-state index in [2.05, 4.69) is 25.3 Å². The molecular formula is C13H26S. The third-order valence-corrected chi connectivity index (χ3v) is 3.06. The second-order valence-electron chi connectivity index (χ2n) is 3.81. The monoisotopic (exact) mass is 214 g/mol. The van der Waals surface area contributed by atoms with Gasteiger partial charge in [0, 0.05) is 0 Å². The predicted octanol–water partition coefficient (Wildman–Crippen LogP) is 5.05. The zero-order valence-corrected chi connectivity index (χ0v) is 10.7. The first kappa shape index (κ1) is 14.1.